The number of rotatable bonds is 5. The lowest BCUT2D eigenvalue weighted by Crippen LogP contribution is -2.46. The van der Waals surface area contributed by atoms with Gasteiger partial charge in [-0.3, -0.25) is 15.6 Å². The second-order valence-corrected chi connectivity index (χ2v) is 6.15. The normalized spacial score (nSPS) is 10.0. The Kier molecular flexibility index (Phi) is 7.03. The fraction of sp³-hybridized carbons (Fsp3) is 0.222. The molecule has 7 heteroatoms. The van der Waals surface area contributed by atoms with Crippen LogP contribution in [0.2, 0.25) is 5.02 Å². The minimum atomic E-state index is -0.263. The molecule has 0 aliphatic carbocycles. The molecule has 132 valence electrons. The number of nitrogens with one attached hydrogen (secondary N) is 3. The second kappa shape index (κ2) is 9.25. The predicted octanol–water partition coefficient (Wildman–Crippen LogP) is 3.36. The van der Waals surface area contributed by atoms with Crippen molar-refractivity contribution in [3.05, 3.63) is 64.2 Å². The van der Waals surface area contributed by atoms with Crippen LogP contribution in [0, 0.1) is 6.92 Å². The van der Waals surface area contributed by atoms with Crippen LogP contribution in [0.4, 0.5) is 0 Å². The van der Waals surface area contributed by atoms with Crippen molar-refractivity contribution in [2.45, 2.75) is 20.5 Å². The quantitative estimate of drug-likeness (QED) is 0.551. The predicted molar refractivity (Wildman–Crippen MR) is 104 cm³/mol. The summed E-state index contributed by atoms with van der Waals surface area (Å²) in [5, 5.41) is 3.97. The Bertz CT molecular complexity index is 750. The Balaban J connectivity index is 1.87. The number of benzene rings is 2. The third-order valence-electron chi connectivity index (χ3n) is 3.38. The minimum Gasteiger partial charge on any atom is -0.489 e. The van der Waals surface area contributed by atoms with Gasteiger partial charge >= 0.3 is 0 Å². The van der Waals surface area contributed by atoms with Crippen LogP contribution >= 0.6 is 23.8 Å². The van der Waals surface area contributed by atoms with Gasteiger partial charge in [0.2, 0.25) is 0 Å². The van der Waals surface area contributed by atoms with Crippen molar-refractivity contribution in [1.29, 1.82) is 0 Å². The van der Waals surface area contributed by atoms with Gasteiger partial charge in [-0.2, -0.15) is 0 Å². The summed E-state index contributed by atoms with van der Waals surface area (Å²) in [5.41, 5.74) is 7.63. The highest BCUT2D eigenvalue weighted by atomic mass is 35.5. The third kappa shape index (κ3) is 5.92. The van der Waals surface area contributed by atoms with Gasteiger partial charge in [0.05, 0.1) is 0 Å². The van der Waals surface area contributed by atoms with E-state index in [0.29, 0.717) is 28.9 Å². The van der Waals surface area contributed by atoms with Crippen LogP contribution in [0.25, 0.3) is 0 Å². The number of amides is 1. The average molecular weight is 378 g/mol. The maximum absolute atomic E-state index is 12.0. The lowest BCUT2D eigenvalue weighted by atomic mass is 10.1. The van der Waals surface area contributed by atoms with Gasteiger partial charge in [0.1, 0.15) is 12.4 Å². The molecular formula is C18H20ClN3O2S. The molecule has 1 amide bonds. The molecule has 2 aromatic carbocycles. The van der Waals surface area contributed by atoms with E-state index in [1.54, 1.807) is 12.1 Å². The summed E-state index contributed by atoms with van der Waals surface area (Å²) in [4.78, 5) is 12.0. The van der Waals surface area contributed by atoms with Crippen molar-refractivity contribution < 1.29 is 9.53 Å². The Labute approximate surface area is 157 Å². The topological polar surface area (TPSA) is 62.4 Å². The standard InChI is InChI=1S/C18H20ClN3O2S/c1-3-20-18(25)22-21-17(23)14-6-4-13(5-7-14)11-24-15-8-9-16(19)12(2)10-15/h4-10H,3,11H2,1-2H3,(H,21,23)(H2,20,22,25). The van der Waals surface area contributed by atoms with Crippen molar-refractivity contribution in [1.82, 2.24) is 16.2 Å². The van der Waals surface area contributed by atoms with Crippen molar-refractivity contribution in [3.63, 3.8) is 0 Å². The fourth-order valence-electron chi connectivity index (χ4n) is 2.02. The molecule has 0 heterocycles. The molecule has 0 aliphatic rings. The molecule has 0 radical (unpaired) electrons. The molecule has 0 spiro atoms. The maximum atomic E-state index is 12.0. The Morgan fingerprint density at radius 2 is 1.88 bits per heavy atom. The molecule has 3 N–H and O–H groups in total. The summed E-state index contributed by atoms with van der Waals surface area (Å²) < 4.78 is 5.74. The molecule has 0 saturated heterocycles. The minimum absolute atomic E-state index is 0.263. The van der Waals surface area contributed by atoms with Crippen LogP contribution in [-0.4, -0.2) is 17.6 Å². The fourth-order valence-corrected chi connectivity index (χ4v) is 2.33. The highest BCUT2D eigenvalue weighted by Gasteiger charge is 2.06. The van der Waals surface area contributed by atoms with Gasteiger partial charge in [0.15, 0.2) is 5.11 Å². The van der Waals surface area contributed by atoms with E-state index in [4.69, 9.17) is 28.6 Å². The van der Waals surface area contributed by atoms with E-state index >= 15 is 0 Å². The van der Waals surface area contributed by atoms with Crippen molar-refractivity contribution in [3.8, 4) is 5.75 Å². The zero-order valence-electron chi connectivity index (χ0n) is 14.1. The lowest BCUT2D eigenvalue weighted by Gasteiger charge is -2.11. The number of hydrazine groups is 1. The van der Waals surface area contributed by atoms with Crippen molar-refractivity contribution >= 4 is 34.8 Å². The van der Waals surface area contributed by atoms with Gasteiger partial charge in [-0.25, -0.2) is 0 Å². The van der Waals surface area contributed by atoms with E-state index < -0.39 is 0 Å². The lowest BCUT2D eigenvalue weighted by molar-refractivity contribution is 0.0943. The molecule has 25 heavy (non-hydrogen) atoms. The number of aryl methyl sites for hydroxylation is 1. The van der Waals surface area contributed by atoms with Crippen LogP contribution in [-0.2, 0) is 6.61 Å². The largest absolute Gasteiger partial charge is 0.489 e. The van der Waals surface area contributed by atoms with Gasteiger partial charge in [0.25, 0.3) is 5.91 Å². The van der Waals surface area contributed by atoms with E-state index in [0.717, 1.165) is 16.9 Å². The number of thiocarbonyl (C=S) groups is 1. The van der Waals surface area contributed by atoms with Gasteiger partial charge in [0, 0.05) is 17.1 Å². The molecule has 0 bridgehead atoms. The highest BCUT2D eigenvalue weighted by Crippen LogP contribution is 2.21. The second-order valence-electron chi connectivity index (χ2n) is 5.34. The average Bonchev–Trinajstić information content (AvgIpc) is 2.61. The third-order valence-corrected chi connectivity index (χ3v) is 4.05. The summed E-state index contributed by atoms with van der Waals surface area (Å²) in [5.74, 6) is 0.492. The maximum Gasteiger partial charge on any atom is 0.269 e. The molecule has 0 aromatic heterocycles. The molecule has 2 rings (SSSR count). The first-order valence-electron chi connectivity index (χ1n) is 7.81. The molecule has 0 saturated carbocycles. The molecule has 0 aliphatic heterocycles. The van der Waals surface area contributed by atoms with E-state index in [1.165, 1.54) is 0 Å². The monoisotopic (exact) mass is 377 g/mol. The summed E-state index contributed by atoms with van der Waals surface area (Å²) in [7, 11) is 0. The van der Waals surface area contributed by atoms with Gasteiger partial charge in [-0.15, -0.1) is 0 Å². The highest BCUT2D eigenvalue weighted by molar-refractivity contribution is 7.80. The number of hydrogen-bond donors (Lipinski definition) is 3. The molecule has 0 fully saturated rings. The zero-order chi connectivity index (χ0) is 18.2. The number of ether oxygens (including phenoxy) is 1. The summed E-state index contributed by atoms with van der Waals surface area (Å²) in [6, 6.07) is 12.7. The zero-order valence-corrected chi connectivity index (χ0v) is 15.6. The van der Waals surface area contributed by atoms with Crippen LogP contribution in [0.15, 0.2) is 42.5 Å². The van der Waals surface area contributed by atoms with Gasteiger partial charge < -0.3 is 10.1 Å². The molecule has 0 unspecified atom stereocenters. The smallest absolute Gasteiger partial charge is 0.269 e. The van der Waals surface area contributed by atoms with Gasteiger partial charge in [-0.1, -0.05) is 23.7 Å². The number of carbonyl (C=O) groups excluding carboxylic acids is 1. The molecular weight excluding hydrogens is 358 g/mol. The number of carbonyl (C=O) groups is 1. The summed E-state index contributed by atoms with van der Waals surface area (Å²) in [6.07, 6.45) is 0. The Morgan fingerprint density at radius 3 is 2.52 bits per heavy atom. The number of hydrogen-bond acceptors (Lipinski definition) is 3. The van der Waals surface area contributed by atoms with Crippen LogP contribution < -0.4 is 20.9 Å². The first-order valence-corrected chi connectivity index (χ1v) is 8.60. The molecule has 2 aromatic rings. The summed E-state index contributed by atoms with van der Waals surface area (Å²) in [6.45, 7) is 4.94. The number of halogens is 1. The molecule has 0 atom stereocenters. The van der Waals surface area contributed by atoms with E-state index in [9.17, 15) is 4.79 Å². The van der Waals surface area contributed by atoms with Gasteiger partial charge in [-0.05, 0) is 67.5 Å². The van der Waals surface area contributed by atoms with Crippen molar-refractivity contribution in [2.24, 2.45) is 0 Å². The van der Waals surface area contributed by atoms with Crippen LogP contribution in [0.3, 0.4) is 0 Å². The van der Waals surface area contributed by atoms with Crippen LogP contribution in [0.5, 0.6) is 5.75 Å². The molecule has 5 nitrogen and oxygen atoms in total. The van der Waals surface area contributed by atoms with E-state index in [2.05, 4.69) is 16.2 Å². The SMILES string of the molecule is CCNC(=S)NNC(=O)c1ccc(COc2ccc(Cl)c(C)c2)cc1. The van der Waals surface area contributed by atoms with E-state index in [1.807, 2.05) is 44.2 Å². The van der Waals surface area contributed by atoms with E-state index in [-0.39, 0.29) is 5.91 Å². The Hall–Kier alpha value is -2.31. The summed E-state index contributed by atoms with van der Waals surface area (Å²) >= 11 is 11.0. The van der Waals surface area contributed by atoms with Crippen molar-refractivity contribution in [2.75, 3.05) is 6.54 Å². The Morgan fingerprint density at radius 1 is 1.16 bits per heavy atom. The first-order chi connectivity index (χ1) is 12.0. The van der Waals surface area contributed by atoms with Crippen LogP contribution in [0.1, 0.15) is 28.4 Å². The first kappa shape index (κ1) is 19.0.